The number of aromatic nitrogens is 1. The number of anilines is 1. The van der Waals surface area contributed by atoms with Crippen molar-refractivity contribution in [1.82, 2.24) is 4.98 Å². The van der Waals surface area contributed by atoms with E-state index < -0.39 is 53.0 Å². The van der Waals surface area contributed by atoms with Crippen LogP contribution in [0.2, 0.25) is 0 Å². The van der Waals surface area contributed by atoms with Gasteiger partial charge in [0.25, 0.3) is 5.91 Å². The summed E-state index contributed by atoms with van der Waals surface area (Å²) >= 11 is 0. The van der Waals surface area contributed by atoms with Crippen LogP contribution in [0.15, 0.2) is 30.5 Å². The number of nitrogens with one attached hydrogen (secondary N) is 1. The van der Waals surface area contributed by atoms with Crippen LogP contribution in [0.1, 0.15) is 31.0 Å². The SMILES string of the molecule is COCCOc1c([C@H]2[C@H](C(=O)Nc3ccnc(CCO)c3)O[C@@](C)(C(F)(F)F)[C@H]2C)ccc(F)c1F. The standard InChI is InChI=1S/C24H27F5N2O5/c1-13-18(16-4-5-17(25)19(26)20(16)35-11-10-34-3)21(36-23(13,2)24(27,28)29)22(33)31-15-6-8-30-14(12-15)7-9-32/h4-6,8,12-13,18,21,32H,7,9-11H2,1-3H3,(H,30,31,33)/t13-,18-,21+,23+/m0/s1. The number of pyridine rings is 1. The summed E-state index contributed by atoms with van der Waals surface area (Å²) in [6, 6.07) is 4.75. The van der Waals surface area contributed by atoms with Crippen molar-refractivity contribution >= 4 is 11.6 Å². The van der Waals surface area contributed by atoms with E-state index in [0.717, 1.165) is 19.1 Å². The predicted molar refractivity (Wildman–Crippen MR) is 119 cm³/mol. The van der Waals surface area contributed by atoms with E-state index in [9.17, 15) is 26.7 Å². The largest absolute Gasteiger partial charge is 0.488 e. The summed E-state index contributed by atoms with van der Waals surface area (Å²) in [6.45, 7) is 1.66. The fraction of sp³-hybridized carbons (Fsp3) is 0.500. The second-order valence-electron chi connectivity index (χ2n) is 8.58. The molecule has 1 aromatic carbocycles. The number of halogens is 5. The van der Waals surface area contributed by atoms with Crippen molar-refractivity contribution in [3.05, 3.63) is 53.4 Å². The quantitative estimate of drug-likeness (QED) is 0.386. The average Bonchev–Trinajstić information content (AvgIpc) is 3.09. The summed E-state index contributed by atoms with van der Waals surface area (Å²) in [7, 11) is 1.36. The molecule has 1 amide bonds. The number of carbonyl (C=O) groups is 1. The van der Waals surface area contributed by atoms with E-state index in [4.69, 9.17) is 19.3 Å². The monoisotopic (exact) mass is 518 g/mol. The van der Waals surface area contributed by atoms with E-state index in [1.54, 1.807) is 0 Å². The third-order valence-electron chi connectivity index (χ3n) is 6.35. The Morgan fingerprint density at radius 3 is 2.61 bits per heavy atom. The molecule has 2 N–H and O–H groups in total. The molecule has 0 unspecified atom stereocenters. The highest BCUT2D eigenvalue weighted by Gasteiger charge is 2.65. The fourth-order valence-electron chi connectivity index (χ4n) is 4.23. The minimum Gasteiger partial charge on any atom is -0.488 e. The van der Waals surface area contributed by atoms with Crippen LogP contribution in [0.4, 0.5) is 27.6 Å². The molecular weight excluding hydrogens is 491 g/mol. The number of aliphatic hydroxyl groups excluding tert-OH is 1. The Hall–Kier alpha value is -2.83. The highest BCUT2D eigenvalue weighted by Crippen LogP contribution is 2.55. The molecule has 0 saturated carbocycles. The van der Waals surface area contributed by atoms with Crippen molar-refractivity contribution in [2.24, 2.45) is 5.92 Å². The molecule has 1 saturated heterocycles. The van der Waals surface area contributed by atoms with Crippen LogP contribution in [0.5, 0.6) is 5.75 Å². The zero-order valence-electron chi connectivity index (χ0n) is 19.9. The van der Waals surface area contributed by atoms with Gasteiger partial charge in [-0.1, -0.05) is 13.0 Å². The van der Waals surface area contributed by atoms with Gasteiger partial charge in [-0.3, -0.25) is 9.78 Å². The minimum atomic E-state index is -4.87. The van der Waals surface area contributed by atoms with Crippen LogP contribution in [0.3, 0.4) is 0 Å². The van der Waals surface area contributed by atoms with Crippen LogP contribution in [-0.4, -0.2) is 60.8 Å². The molecule has 0 aliphatic carbocycles. The normalized spacial score (nSPS) is 24.1. The summed E-state index contributed by atoms with van der Waals surface area (Å²) in [6.07, 6.45) is -5.03. The Balaban J connectivity index is 2.05. The highest BCUT2D eigenvalue weighted by molar-refractivity contribution is 5.95. The lowest BCUT2D eigenvalue weighted by atomic mass is 9.77. The van der Waals surface area contributed by atoms with Gasteiger partial charge in [0, 0.05) is 55.1 Å². The van der Waals surface area contributed by atoms with Gasteiger partial charge in [0.1, 0.15) is 12.7 Å². The van der Waals surface area contributed by atoms with Gasteiger partial charge in [-0.25, -0.2) is 4.39 Å². The fourth-order valence-corrected chi connectivity index (χ4v) is 4.23. The Bertz CT molecular complexity index is 1080. The molecule has 4 atom stereocenters. The van der Waals surface area contributed by atoms with Crippen molar-refractivity contribution in [1.29, 1.82) is 0 Å². The molecular formula is C24H27F5N2O5. The van der Waals surface area contributed by atoms with E-state index >= 15 is 0 Å². The Morgan fingerprint density at radius 2 is 1.97 bits per heavy atom. The molecule has 0 bridgehead atoms. The Labute approximate surface area is 204 Å². The molecule has 12 heteroatoms. The summed E-state index contributed by atoms with van der Waals surface area (Å²) in [5.74, 6) is -6.91. The van der Waals surface area contributed by atoms with Gasteiger partial charge < -0.3 is 24.6 Å². The summed E-state index contributed by atoms with van der Waals surface area (Å²) in [5.41, 5.74) is -2.24. The molecule has 1 fully saturated rings. The number of aliphatic hydroxyl groups is 1. The maximum absolute atomic E-state index is 14.8. The lowest BCUT2D eigenvalue weighted by molar-refractivity contribution is -0.272. The van der Waals surface area contributed by atoms with E-state index in [0.29, 0.717) is 5.69 Å². The number of benzene rings is 1. The molecule has 1 aromatic heterocycles. The molecule has 1 aliphatic rings. The number of ether oxygens (including phenoxy) is 3. The second kappa shape index (κ2) is 11.1. The van der Waals surface area contributed by atoms with Crippen molar-refractivity contribution in [3.8, 4) is 5.75 Å². The number of methoxy groups -OCH3 is 1. The third kappa shape index (κ3) is 5.45. The summed E-state index contributed by atoms with van der Waals surface area (Å²) in [5, 5.41) is 11.6. The smallest absolute Gasteiger partial charge is 0.417 e. The maximum Gasteiger partial charge on any atom is 0.417 e. The lowest BCUT2D eigenvalue weighted by Gasteiger charge is -2.32. The molecule has 0 radical (unpaired) electrons. The van der Waals surface area contributed by atoms with Crippen molar-refractivity contribution < 1.29 is 46.1 Å². The third-order valence-corrected chi connectivity index (χ3v) is 6.35. The number of alkyl halides is 3. The first-order valence-electron chi connectivity index (χ1n) is 11.2. The highest BCUT2D eigenvalue weighted by atomic mass is 19.4. The van der Waals surface area contributed by atoms with Crippen LogP contribution in [0, 0.1) is 17.6 Å². The van der Waals surface area contributed by atoms with Crippen molar-refractivity contribution in [2.75, 3.05) is 32.2 Å². The molecule has 2 heterocycles. The zero-order valence-corrected chi connectivity index (χ0v) is 19.9. The van der Waals surface area contributed by atoms with Gasteiger partial charge >= 0.3 is 6.18 Å². The first-order chi connectivity index (χ1) is 16.9. The molecule has 36 heavy (non-hydrogen) atoms. The Kier molecular flexibility index (Phi) is 8.52. The number of carbonyl (C=O) groups excluding carboxylic acids is 1. The first-order valence-corrected chi connectivity index (χ1v) is 11.2. The van der Waals surface area contributed by atoms with Crippen LogP contribution in [-0.2, 0) is 20.7 Å². The lowest BCUT2D eigenvalue weighted by Crippen LogP contribution is -2.47. The Morgan fingerprint density at radius 1 is 1.25 bits per heavy atom. The van der Waals surface area contributed by atoms with Crippen molar-refractivity contribution in [3.63, 3.8) is 0 Å². The zero-order chi connectivity index (χ0) is 26.7. The van der Waals surface area contributed by atoms with Gasteiger partial charge in [-0.15, -0.1) is 0 Å². The van der Waals surface area contributed by atoms with E-state index in [-0.39, 0.29) is 37.5 Å². The number of nitrogens with zero attached hydrogens (tertiary/aromatic N) is 1. The van der Waals surface area contributed by atoms with E-state index in [1.807, 2.05) is 0 Å². The second-order valence-corrected chi connectivity index (χ2v) is 8.58. The maximum atomic E-state index is 14.8. The van der Waals surface area contributed by atoms with Gasteiger partial charge in [0.2, 0.25) is 5.82 Å². The summed E-state index contributed by atoms with van der Waals surface area (Å²) in [4.78, 5) is 17.3. The van der Waals surface area contributed by atoms with Gasteiger partial charge in [-0.05, 0) is 25.1 Å². The topological polar surface area (TPSA) is 89.9 Å². The van der Waals surface area contributed by atoms with Gasteiger partial charge in [0.05, 0.1) is 6.61 Å². The van der Waals surface area contributed by atoms with Crippen LogP contribution >= 0.6 is 0 Å². The average molecular weight is 518 g/mol. The molecule has 2 aromatic rings. The number of rotatable bonds is 9. The molecule has 7 nitrogen and oxygen atoms in total. The molecule has 1 aliphatic heterocycles. The number of hydrogen-bond donors (Lipinski definition) is 2. The molecule has 0 spiro atoms. The number of amides is 1. The molecule has 198 valence electrons. The van der Waals surface area contributed by atoms with Crippen LogP contribution in [0.25, 0.3) is 0 Å². The first kappa shape index (κ1) is 27.8. The minimum absolute atomic E-state index is 0.00844. The number of hydrogen-bond acceptors (Lipinski definition) is 6. The molecule has 3 rings (SSSR count). The van der Waals surface area contributed by atoms with E-state index in [1.165, 1.54) is 32.4 Å². The van der Waals surface area contributed by atoms with E-state index in [2.05, 4.69) is 10.3 Å². The summed E-state index contributed by atoms with van der Waals surface area (Å²) < 4.78 is 86.7. The van der Waals surface area contributed by atoms with Gasteiger partial charge in [-0.2, -0.15) is 17.6 Å². The predicted octanol–water partition coefficient (Wildman–Crippen LogP) is 4.00. The van der Waals surface area contributed by atoms with Gasteiger partial charge in [0.15, 0.2) is 17.2 Å². The van der Waals surface area contributed by atoms with Crippen LogP contribution < -0.4 is 10.1 Å². The van der Waals surface area contributed by atoms with Crippen molar-refractivity contribution in [2.45, 2.75) is 44.1 Å².